The number of hydrogen-bond acceptors (Lipinski definition) is 4. The first-order chi connectivity index (χ1) is 6.93. The lowest BCUT2D eigenvalue weighted by molar-refractivity contribution is -0.157. The first-order valence-corrected chi connectivity index (χ1v) is 4.35. The van der Waals surface area contributed by atoms with Crippen LogP contribution in [-0.4, -0.2) is 45.8 Å². The molecular weight excluding hydrogens is 206 g/mol. The lowest BCUT2D eigenvalue weighted by Crippen LogP contribution is -2.52. The third-order valence-electron chi connectivity index (χ3n) is 2.49. The molecule has 7 nitrogen and oxygen atoms in total. The summed E-state index contributed by atoms with van der Waals surface area (Å²) in [5, 5.41) is 28.7. The lowest BCUT2D eigenvalue weighted by Gasteiger charge is -2.30. The summed E-state index contributed by atoms with van der Waals surface area (Å²) >= 11 is 0. The number of piperidine rings is 1. The molecule has 0 aromatic heterocycles. The summed E-state index contributed by atoms with van der Waals surface area (Å²) in [7, 11) is 0. The van der Waals surface area contributed by atoms with Crippen molar-refractivity contribution in [2.45, 2.75) is 12.5 Å². The summed E-state index contributed by atoms with van der Waals surface area (Å²) in [6.45, 7) is -0.136. The van der Waals surface area contributed by atoms with E-state index in [1.165, 1.54) is 0 Å². The van der Waals surface area contributed by atoms with Gasteiger partial charge in [0.15, 0.2) is 0 Å². The Morgan fingerprint density at radius 3 is 1.87 bits per heavy atom. The second kappa shape index (κ2) is 4.26. The molecule has 0 amide bonds. The van der Waals surface area contributed by atoms with Gasteiger partial charge in [0.25, 0.3) is 0 Å². The van der Waals surface area contributed by atoms with Gasteiger partial charge in [-0.2, -0.15) is 0 Å². The Balaban J connectivity index is 2.78. The van der Waals surface area contributed by atoms with Crippen molar-refractivity contribution in [3.8, 4) is 0 Å². The van der Waals surface area contributed by atoms with Crippen LogP contribution in [0.15, 0.2) is 0 Å². The molecule has 0 aromatic rings. The second-order valence-corrected chi connectivity index (χ2v) is 3.42. The van der Waals surface area contributed by atoms with E-state index in [1.807, 2.05) is 0 Å². The molecule has 0 spiro atoms. The van der Waals surface area contributed by atoms with E-state index in [-0.39, 0.29) is 13.0 Å². The number of rotatable bonds is 3. The number of carbonyl (C=O) groups is 3. The fourth-order valence-electron chi connectivity index (χ4n) is 1.63. The summed E-state index contributed by atoms with van der Waals surface area (Å²) < 4.78 is 0. The van der Waals surface area contributed by atoms with Crippen molar-refractivity contribution in [2.24, 2.45) is 11.8 Å². The number of aliphatic carboxylic acids is 3. The van der Waals surface area contributed by atoms with Gasteiger partial charge in [0.2, 0.25) is 0 Å². The quantitative estimate of drug-likeness (QED) is 0.469. The van der Waals surface area contributed by atoms with Gasteiger partial charge in [-0.15, -0.1) is 0 Å². The molecule has 0 radical (unpaired) electrons. The zero-order valence-corrected chi connectivity index (χ0v) is 7.71. The molecule has 3 unspecified atom stereocenters. The van der Waals surface area contributed by atoms with Crippen molar-refractivity contribution < 1.29 is 29.7 Å². The van der Waals surface area contributed by atoms with Crippen LogP contribution in [0.3, 0.4) is 0 Å². The Bertz CT molecular complexity index is 302. The van der Waals surface area contributed by atoms with Crippen LogP contribution in [0.1, 0.15) is 6.42 Å². The molecule has 1 rings (SSSR count). The SMILES string of the molecule is O=C(O)C1CC(C(=O)O)C(C(=O)O)CN1. The van der Waals surface area contributed by atoms with E-state index in [0.29, 0.717) is 0 Å². The smallest absolute Gasteiger partial charge is 0.320 e. The molecule has 4 N–H and O–H groups in total. The minimum absolute atomic E-state index is 0.136. The monoisotopic (exact) mass is 217 g/mol. The minimum atomic E-state index is -1.27. The Kier molecular flexibility index (Phi) is 3.25. The van der Waals surface area contributed by atoms with Gasteiger partial charge >= 0.3 is 17.9 Å². The van der Waals surface area contributed by atoms with Gasteiger partial charge in [-0.25, -0.2) is 0 Å². The Morgan fingerprint density at radius 1 is 0.933 bits per heavy atom. The van der Waals surface area contributed by atoms with Crippen molar-refractivity contribution in [1.82, 2.24) is 5.32 Å². The zero-order valence-electron chi connectivity index (χ0n) is 7.71. The van der Waals surface area contributed by atoms with Crippen molar-refractivity contribution in [3.05, 3.63) is 0 Å². The lowest BCUT2D eigenvalue weighted by atomic mass is 9.83. The number of hydrogen-bond donors (Lipinski definition) is 4. The van der Waals surface area contributed by atoms with Crippen molar-refractivity contribution in [1.29, 1.82) is 0 Å². The summed E-state index contributed by atoms with van der Waals surface area (Å²) in [5.74, 6) is -5.87. The number of nitrogens with one attached hydrogen (secondary N) is 1. The fraction of sp³-hybridized carbons (Fsp3) is 0.625. The van der Waals surface area contributed by atoms with Crippen LogP contribution in [0.5, 0.6) is 0 Å². The predicted molar refractivity (Wildman–Crippen MR) is 46.3 cm³/mol. The molecule has 1 fully saturated rings. The van der Waals surface area contributed by atoms with Crippen molar-refractivity contribution in [3.63, 3.8) is 0 Å². The van der Waals surface area contributed by atoms with E-state index < -0.39 is 35.8 Å². The van der Waals surface area contributed by atoms with E-state index in [0.717, 1.165) is 0 Å². The summed E-state index contributed by atoms with van der Waals surface area (Å²) in [4.78, 5) is 32.0. The maximum absolute atomic E-state index is 10.8. The van der Waals surface area contributed by atoms with E-state index in [9.17, 15) is 14.4 Å². The van der Waals surface area contributed by atoms with Crippen LogP contribution in [-0.2, 0) is 14.4 Å². The van der Waals surface area contributed by atoms with E-state index >= 15 is 0 Å². The maximum atomic E-state index is 10.8. The average Bonchev–Trinajstić information content (AvgIpc) is 2.16. The molecule has 0 aromatic carbocycles. The summed E-state index contributed by atoms with van der Waals surface area (Å²) in [6.07, 6.45) is -0.207. The molecule has 1 aliphatic rings. The Labute approximate surface area is 84.7 Å². The summed E-state index contributed by atoms with van der Waals surface area (Å²) in [5.41, 5.74) is 0. The normalized spacial score (nSPS) is 30.8. The third kappa shape index (κ3) is 2.44. The highest BCUT2D eigenvalue weighted by Gasteiger charge is 2.41. The van der Waals surface area contributed by atoms with E-state index in [1.54, 1.807) is 0 Å². The van der Waals surface area contributed by atoms with Crippen LogP contribution in [0, 0.1) is 11.8 Å². The molecule has 3 atom stereocenters. The first-order valence-electron chi connectivity index (χ1n) is 4.35. The molecule has 15 heavy (non-hydrogen) atoms. The summed E-state index contributed by atoms with van der Waals surface area (Å²) in [6, 6.07) is -0.985. The highest BCUT2D eigenvalue weighted by molar-refractivity contribution is 5.82. The molecule has 84 valence electrons. The molecule has 0 bridgehead atoms. The maximum Gasteiger partial charge on any atom is 0.320 e. The molecule has 0 saturated carbocycles. The van der Waals surface area contributed by atoms with Crippen molar-refractivity contribution >= 4 is 17.9 Å². The highest BCUT2D eigenvalue weighted by atomic mass is 16.4. The molecule has 1 aliphatic heterocycles. The fourth-order valence-corrected chi connectivity index (χ4v) is 1.63. The van der Waals surface area contributed by atoms with Gasteiger partial charge in [0.1, 0.15) is 6.04 Å². The van der Waals surface area contributed by atoms with Crippen molar-refractivity contribution in [2.75, 3.05) is 6.54 Å². The molecule has 1 saturated heterocycles. The predicted octanol–water partition coefficient (Wildman–Crippen LogP) is -1.17. The molecule has 0 aliphatic carbocycles. The minimum Gasteiger partial charge on any atom is -0.481 e. The standard InChI is InChI=1S/C8H11NO6/c10-6(11)3-1-5(8(14)15)9-2-4(3)7(12)13/h3-5,9H,1-2H2,(H,10,11)(H,12,13)(H,14,15). The van der Waals surface area contributed by atoms with Gasteiger partial charge in [-0.1, -0.05) is 0 Å². The van der Waals surface area contributed by atoms with Gasteiger partial charge in [-0.05, 0) is 6.42 Å². The zero-order chi connectivity index (χ0) is 11.6. The van der Waals surface area contributed by atoms with Crippen LogP contribution >= 0.6 is 0 Å². The van der Waals surface area contributed by atoms with Gasteiger partial charge in [0, 0.05) is 6.54 Å². The Morgan fingerprint density at radius 2 is 1.47 bits per heavy atom. The molecule has 1 heterocycles. The van der Waals surface area contributed by atoms with Crippen LogP contribution < -0.4 is 5.32 Å². The first kappa shape index (κ1) is 11.4. The number of carboxylic acid groups (broad SMARTS) is 3. The average molecular weight is 217 g/mol. The third-order valence-corrected chi connectivity index (χ3v) is 2.49. The Hall–Kier alpha value is -1.63. The molecular formula is C8H11NO6. The van der Waals surface area contributed by atoms with Gasteiger partial charge in [-0.3, -0.25) is 14.4 Å². The van der Waals surface area contributed by atoms with Crippen LogP contribution in [0.25, 0.3) is 0 Å². The molecule has 7 heteroatoms. The van der Waals surface area contributed by atoms with Crippen LogP contribution in [0.2, 0.25) is 0 Å². The topological polar surface area (TPSA) is 124 Å². The second-order valence-electron chi connectivity index (χ2n) is 3.42. The van der Waals surface area contributed by atoms with E-state index in [2.05, 4.69) is 5.32 Å². The highest BCUT2D eigenvalue weighted by Crippen LogP contribution is 2.23. The number of carboxylic acids is 3. The van der Waals surface area contributed by atoms with E-state index in [4.69, 9.17) is 15.3 Å². The van der Waals surface area contributed by atoms with Gasteiger partial charge in [0.05, 0.1) is 11.8 Å². The largest absolute Gasteiger partial charge is 0.481 e. The van der Waals surface area contributed by atoms with Crippen LogP contribution in [0.4, 0.5) is 0 Å². The van der Waals surface area contributed by atoms with Gasteiger partial charge < -0.3 is 20.6 Å².